The lowest BCUT2D eigenvalue weighted by Gasteiger charge is -2.37. The molecule has 15 heavy (non-hydrogen) atoms. The Hall–Kier alpha value is -0.300. The summed E-state index contributed by atoms with van der Waals surface area (Å²) < 4.78 is 18.8. The molecular formula is C9H15NO4S. The van der Waals surface area contributed by atoms with Gasteiger partial charge in [-0.2, -0.15) is 0 Å². The highest BCUT2D eigenvalue weighted by molar-refractivity contribution is 7.89. The molecule has 1 aliphatic heterocycles. The van der Waals surface area contributed by atoms with E-state index in [-0.39, 0.29) is 11.8 Å². The zero-order chi connectivity index (χ0) is 10.8. The van der Waals surface area contributed by atoms with Gasteiger partial charge >= 0.3 is 5.97 Å². The second-order valence-electron chi connectivity index (χ2n) is 3.91. The zero-order valence-electron chi connectivity index (χ0n) is 8.42. The van der Waals surface area contributed by atoms with Gasteiger partial charge in [0.2, 0.25) is 0 Å². The van der Waals surface area contributed by atoms with Crippen LogP contribution in [-0.4, -0.2) is 51.0 Å². The van der Waals surface area contributed by atoms with Crippen LogP contribution in [-0.2, 0) is 20.9 Å². The highest BCUT2D eigenvalue weighted by atomic mass is 32.2. The van der Waals surface area contributed by atoms with Gasteiger partial charge in [0.25, 0.3) is 0 Å². The first-order valence-electron chi connectivity index (χ1n) is 5.18. The Morgan fingerprint density at radius 1 is 1.53 bits per heavy atom. The standard InChI is InChI=1S/C9H15NO4S/c11-9(12)8-6-10(4-5-14-8)15(13)7-2-1-3-7/h7-8H,1-6H2,(H,11,12). The molecule has 0 radical (unpaired) electrons. The van der Waals surface area contributed by atoms with Gasteiger partial charge in [-0.1, -0.05) is 0 Å². The maximum Gasteiger partial charge on any atom is 0.334 e. The van der Waals surface area contributed by atoms with E-state index in [9.17, 15) is 9.35 Å². The van der Waals surface area contributed by atoms with Crippen molar-refractivity contribution in [2.75, 3.05) is 19.7 Å². The minimum Gasteiger partial charge on any atom is -0.598 e. The molecule has 1 saturated heterocycles. The van der Waals surface area contributed by atoms with E-state index in [1.54, 1.807) is 4.31 Å². The maximum atomic E-state index is 11.9. The van der Waals surface area contributed by atoms with Crippen LogP contribution >= 0.6 is 0 Å². The van der Waals surface area contributed by atoms with Crippen LogP contribution in [0.25, 0.3) is 0 Å². The lowest BCUT2D eigenvalue weighted by Crippen LogP contribution is -2.52. The lowest BCUT2D eigenvalue weighted by molar-refractivity contribution is -0.153. The Morgan fingerprint density at radius 3 is 2.80 bits per heavy atom. The van der Waals surface area contributed by atoms with Gasteiger partial charge in [-0.15, -0.1) is 4.31 Å². The largest absolute Gasteiger partial charge is 0.598 e. The number of carbonyl (C=O) groups is 1. The normalized spacial score (nSPS) is 30.9. The van der Waals surface area contributed by atoms with Crippen LogP contribution in [0, 0.1) is 0 Å². The van der Waals surface area contributed by atoms with Crippen molar-refractivity contribution in [1.82, 2.24) is 4.31 Å². The minimum atomic E-state index is -1.01. The molecule has 2 fully saturated rings. The quantitative estimate of drug-likeness (QED) is 0.694. The minimum absolute atomic E-state index is 0.248. The molecular weight excluding hydrogens is 218 g/mol. The predicted octanol–water partition coefficient (Wildman–Crippen LogP) is -0.0120. The number of carboxylic acid groups (broad SMARTS) is 1. The van der Waals surface area contributed by atoms with Crippen molar-refractivity contribution in [1.29, 1.82) is 0 Å². The predicted molar refractivity (Wildman–Crippen MR) is 54.7 cm³/mol. The van der Waals surface area contributed by atoms with Crippen LogP contribution in [0.15, 0.2) is 0 Å². The molecule has 1 N–H and O–H groups in total. The number of hydrogen-bond acceptors (Lipinski definition) is 4. The molecule has 2 rings (SSSR count). The third kappa shape index (κ3) is 2.44. The van der Waals surface area contributed by atoms with Crippen molar-refractivity contribution in [2.24, 2.45) is 0 Å². The highest BCUT2D eigenvalue weighted by Gasteiger charge is 2.39. The molecule has 2 atom stereocenters. The van der Waals surface area contributed by atoms with Crippen LogP contribution < -0.4 is 0 Å². The van der Waals surface area contributed by atoms with Crippen LogP contribution in [0.5, 0.6) is 0 Å². The summed E-state index contributed by atoms with van der Waals surface area (Å²) in [5, 5.41) is 9.04. The van der Waals surface area contributed by atoms with Crippen molar-refractivity contribution in [2.45, 2.75) is 30.6 Å². The molecule has 5 nitrogen and oxygen atoms in total. The molecule has 0 aromatic carbocycles. The number of morpholine rings is 1. The Balaban J connectivity index is 1.88. The maximum absolute atomic E-state index is 11.9. The van der Waals surface area contributed by atoms with Gasteiger partial charge in [0.15, 0.2) is 6.10 Å². The third-order valence-corrected chi connectivity index (χ3v) is 4.78. The average molecular weight is 233 g/mol. The number of nitrogens with zero attached hydrogens (tertiary/aromatic N) is 1. The first-order chi connectivity index (χ1) is 7.18. The summed E-state index contributed by atoms with van der Waals surface area (Å²) >= 11 is -1.01. The Bertz CT molecular complexity index is 246. The molecule has 2 aliphatic rings. The summed E-state index contributed by atoms with van der Waals surface area (Å²) in [5.41, 5.74) is 0. The molecule has 0 amide bonds. The first-order valence-corrected chi connectivity index (χ1v) is 6.35. The molecule has 0 aromatic heterocycles. The number of hydrogen-bond donors (Lipinski definition) is 1. The van der Waals surface area contributed by atoms with E-state index in [0.717, 1.165) is 19.3 Å². The third-order valence-electron chi connectivity index (χ3n) is 2.90. The molecule has 2 unspecified atom stereocenters. The fourth-order valence-electron chi connectivity index (χ4n) is 1.72. The van der Waals surface area contributed by atoms with Crippen molar-refractivity contribution in [3.8, 4) is 0 Å². The molecule has 1 aliphatic carbocycles. The number of aliphatic carboxylic acids is 1. The van der Waals surface area contributed by atoms with Gasteiger partial charge in [-0.25, -0.2) is 4.79 Å². The monoisotopic (exact) mass is 233 g/mol. The summed E-state index contributed by atoms with van der Waals surface area (Å²) in [4.78, 5) is 10.7. The van der Waals surface area contributed by atoms with E-state index in [2.05, 4.69) is 0 Å². The van der Waals surface area contributed by atoms with Crippen molar-refractivity contribution in [3.63, 3.8) is 0 Å². The van der Waals surface area contributed by atoms with Crippen LogP contribution in [0.4, 0.5) is 0 Å². The van der Waals surface area contributed by atoms with E-state index < -0.39 is 23.4 Å². The summed E-state index contributed by atoms with van der Waals surface area (Å²) in [6, 6.07) is 0. The van der Waals surface area contributed by atoms with Crippen molar-refractivity contribution in [3.05, 3.63) is 0 Å². The average Bonchev–Trinajstić information content (AvgIpc) is 2.15. The first kappa shape index (κ1) is 11.2. The number of carboxylic acids is 1. The molecule has 1 saturated carbocycles. The van der Waals surface area contributed by atoms with Crippen LogP contribution in [0.2, 0.25) is 0 Å². The fourth-order valence-corrected chi connectivity index (χ4v) is 3.42. The summed E-state index contributed by atoms with van der Waals surface area (Å²) in [7, 11) is 0. The molecule has 0 aromatic rings. The lowest BCUT2D eigenvalue weighted by atomic mass is 10.0. The molecule has 86 valence electrons. The van der Waals surface area contributed by atoms with Crippen molar-refractivity contribution >= 4 is 17.3 Å². The molecule has 0 bridgehead atoms. The smallest absolute Gasteiger partial charge is 0.334 e. The second kappa shape index (κ2) is 4.69. The van der Waals surface area contributed by atoms with E-state index in [4.69, 9.17) is 9.84 Å². The van der Waals surface area contributed by atoms with Crippen LogP contribution in [0.1, 0.15) is 19.3 Å². The van der Waals surface area contributed by atoms with Gasteiger partial charge in [-0.05, 0) is 19.3 Å². The second-order valence-corrected chi connectivity index (χ2v) is 5.65. The van der Waals surface area contributed by atoms with Gasteiger partial charge in [0.05, 0.1) is 19.7 Å². The van der Waals surface area contributed by atoms with Gasteiger partial charge < -0.3 is 14.4 Å². The summed E-state index contributed by atoms with van der Waals surface area (Å²) in [5.74, 6) is -0.967. The highest BCUT2D eigenvalue weighted by Crippen LogP contribution is 2.29. The van der Waals surface area contributed by atoms with E-state index in [0.29, 0.717) is 13.2 Å². The number of rotatable bonds is 3. The SMILES string of the molecule is O=C(O)C1CN([S+]([O-])C2CCC2)CCO1. The Labute approximate surface area is 91.7 Å². The topological polar surface area (TPSA) is 72.8 Å². The van der Waals surface area contributed by atoms with E-state index in [1.807, 2.05) is 0 Å². The molecule has 1 heterocycles. The van der Waals surface area contributed by atoms with Crippen LogP contribution in [0.3, 0.4) is 0 Å². The number of ether oxygens (including phenoxy) is 1. The molecule has 6 heteroatoms. The van der Waals surface area contributed by atoms with Gasteiger partial charge in [-0.3, -0.25) is 0 Å². The fraction of sp³-hybridized carbons (Fsp3) is 0.889. The van der Waals surface area contributed by atoms with E-state index in [1.165, 1.54) is 0 Å². The van der Waals surface area contributed by atoms with Gasteiger partial charge in [0, 0.05) is 11.4 Å². The summed E-state index contributed by atoms with van der Waals surface area (Å²) in [6.07, 6.45) is 2.33. The zero-order valence-corrected chi connectivity index (χ0v) is 9.24. The Morgan fingerprint density at radius 2 is 2.27 bits per heavy atom. The Kier molecular flexibility index (Phi) is 3.50. The summed E-state index contributed by atoms with van der Waals surface area (Å²) in [6.45, 7) is 1.18. The van der Waals surface area contributed by atoms with Crippen molar-refractivity contribution < 1.29 is 19.2 Å². The van der Waals surface area contributed by atoms with Gasteiger partial charge in [0.1, 0.15) is 5.25 Å². The molecule has 0 spiro atoms. The van der Waals surface area contributed by atoms with E-state index >= 15 is 0 Å².